The van der Waals surface area contributed by atoms with Crippen molar-refractivity contribution in [2.24, 2.45) is 0 Å². The van der Waals surface area contributed by atoms with Gasteiger partial charge >= 0.3 is 0 Å². The Bertz CT molecular complexity index is 820. The molecule has 1 aliphatic rings. The summed E-state index contributed by atoms with van der Waals surface area (Å²) in [6, 6.07) is -0.304. The van der Waals surface area contributed by atoms with E-state index in [1.807, 2.05) is 4.90 Å². The molecule has 0 saturated carbocycles. The Morgan fingerprint density at radius 1 is 1.25 bits per heavy atom. The molecule has 3 heterocycles. The number of fused-ring (bicyclic) bond motifs is 1. The lowest BCUT2D eigenvalue weighted by molar-refractivity contribution is -0.118. The first-order chi connectivity index (χ1) is 11.4. The molecule has 0 aliphatic carbocycles. The van der Waals surface area contributed by atoms with E-state index in [4.69, 9.17) is 23.2 Å². The third-order valence-corrected chi connectivity index (χ3v) is 5.16. The Labute approximate surface area is 153 Å². The zero-order chi connectivity index (χ0) is 17.4. The summed E-state index contributed by atoms with van der Waals surface area (Å²) in [7, 11) is 0. The number of aromatic nitrogens is 3. The molecular weight excluding hydrogens is 374 g/mol. The van der Waals surface area contributed by atoms with E-state index in [2.05, 4.69) is 15.0 Å². The third-order valence-electron chi connectivity index (χ3n) is 4.09. The van der Waals surface area contributed by atoms with Gasteiger partial charge in [0, 0.05) is 6.54 Å². The highest BCUT2D eigenvalue weighted by Crippen LogP contribution is 2.37. The molecule has 24 heavy (non-hydrogen) atoms. The summed E-state index contributed by atoms with van der Waals surface area (Å²) >= 11 is 13.3. The number of nitrogens with zero attached hydrogens (tertiary/aromatic N) is 4. The Kier molecular flexibility index (Phi) is 5.13. The molecule has 0 bridgehead atoms. The van der Waals surface area contributed by atoms with Crippen LogP contribution in [0.15, 0.2) is 5.16 Å². The van der Waals surface area contributed by atoms with E-state index in [1.165, 1.54) is 11.8 Å². The van der Waals surface area contributed by atoms with Crippen molar-refractivity contribution in [1.82, 2.24) is 15.0 Å². The van der Waals surface area contributed by atoms with Crippen molar-refractivity contribution in [3.05, 3.63) is 16.1 Å². The van der Waals surface area contributed by atoms with Crippen LogP contribution in [-0.4, -0.2) is 39.6 Å². The summed E-state index contributed by atoms with van der Waals surface area (Å²) in [5, 5.41) is 0.394. The number of halogens is 3. The van der Waals surface area contributed by atoms with Gasteiger partial charge in [-0.3, -0.25) is 4.79 Å². The summed E-state index contributed by atoms with van der Waals surface area (Å²) in [4.78, 5) is 26.5. The van der Waals surface area contributed by atoms with Crippen molar-refractivity contribution in [2.45, 2.75) is 37.4 Å². The van der Waals surface area contributed by atoms with E-state index in [0.717, 1.165) is 19.3 Å². The predicted octanol–water partition coefficient (Wildman–Crippen LogP) is 4.14. The lowest BCUT2D eigenvalue weighted by Gasteiger charge is -2.35. The number of ketones is 1. The van der Waals surface area contributed by atoms with E-state index in [-0.39, 0.29) is 27.6 Å². The summed E-state index contributed by atoms with van der Waals surface area (Å²) in [5.41, 5.74) is 0.0298. The van der Waals surface area contributed by atoms with Gasteiger partial charge in [-0.05, 0) is 32.4 Å². The molecule has 2 aromatic rings. The second kappa shape index (κ2) is 6.98. The highest BCUT2D eigenvalue weighted by molar-refractivity contribution is 7.98. The van der Waals surface area contributed by atoms with E-state index in [0.29, 0.717) is 22.9 Å². The average molecular weight is 389 g/mol. The van der Waals surface area contributed by atoms with Crippen molar-refractivity contribution >= 4 is 57.5 Å². The number of pyridine rings is 1. The monoisotopic (exact) mass is 388 g/mol. The Balaban J connectivity index is 2.30. The molecular formula is C15H15Cl2FN4OS. The smallest absolute Gasteiger partial charge is 0.189 e. The fraction of sp³-hybridized carbons (Fsp3) is 0.467. The second-order valence-corrected chi connectivity index (χ2v) is 7.07. The molecule has 5 nitrogen and oxygen atoms in total. The fourth-order valence-corrected chi connectivity index (χ4v) is 3.81. The van der Waals surface area contributed by atoms with Gasteiger partial charge in [-0.1, -0.05) is 35.0 Å². The van der Waals surface area contributed by atoms with Crippen LogP contribution in [0.2, 0.25) is 10.3 Å². The van der Waals surface area contributed by atoms with Crippen LogP contribution in [0.4, 0.5) is 10.2 Å². The maximum Gasteiger partial charge on any atom is 0.189 e. The number of Topliss-reactive ketones (excluding diaryl/α,β-unsaturated/α-hetero) is 1. The topological polar surface area (TPSA) is 59.0 Å². The standard InChI is InChI=1S/C15H15Cl2FN4OS/c1-7(23)8-5-3-4-6-22(8)14-9-11(19-15(21-14)24-2)10(18)13(17)20-12(9)16/h8H,3-6H2,1-2H3. The van der Waals surface area contributed by atoms with Crippen molar-refractivity contribution in [3.63, 3.8) is 0 Å². The van der Waals surface area contributed by atoms with Crippen LogP contribution in [0.5, 0.6) is 0 Å². The van der Waals surface area contributed by atoms with Crippen LogP contribution >= 0.6 is 35.0 Å². The number of piperidine rings is 1. The van der Waals surface area contributed by atoms with Gasteiger partial charge in [-0.2, -0.15) is 0 Å². The Morgan fingerprint density at radius 3 is 2.67 bits per heavy atom. The predicted molar refractivity (Wildman–Crippen MR) is 94.8 cm³/mol. The summed E-state index contributed by atoms with van der Waals surface area (Å²) in [5.74, 6) is -0.241. The largest absolute Gasteiger partial charge is 0.346 e. The zero-order valence-electron chi connectivity index (χ0n) is 13.1. The Morgan fingerprint density at radius 2 is 2.00 bits per heavy atom. The molecule has 0 amide bonds. The number of carbonyl (C=O) groups is 1. The van der Waals surface area contributed by atoms with E-state index in [9.17, 15) is 9.18 Å². The number of anilines is 1. The van der Waals surface area contributed by atoms with Crippen LogP contribution in [0.25, 0.3) is 10.9 Å². The lowest BCUT2D eigenvalue weighted by atomic mass is 9.99. The number of rotatable bonds is 3. The third kappa shape index (κ3) is 3.05. The highest BCUT2D eigenvalue weighted by Gasteiger charge is 2.30. The second-order valence-electron chi connectivity index (χ2n) is 5.58. The van der Waals surface area contributed by atoms with Gasteiger partial charge in [0.1, 0.15) is 16.5 Å². The molecule has 3 rings (SSSR count). The average Bonchev–Trinajstić information content (AvgIpc) is 2.58. The minimum absolute atomic E-state index is 0.0298. The van der Waals surface area contributed by atoms with Gasteiger partial charge < -0.3 is 4.90 Å². The fourth-order valence-electron chi connectivity index (χ4n) is 2.97. The number of hydrogen-bond acceptors (Lipinski definition) is 6. The zero-order valence-corrected chi connectivity index (χ0v) is 15.5. The molecule has 0 aromatic carbocycles. The molecule has 1 saturated heterocycles. The maximum absolute atomic E-state index is 14.5. The first-order valence-electron chi connectivity index (χ1n) is 7.47. The van der Waals surface area contributed by atoms with E-state index in [1.54, 1.807) is 13.2 Å². The summed E-state index contributed by atoms with van der Waals surface area (Å²) in [6.07, 6.45) is 4.42. The van der Waals surface area contributed by atoms with Crippen molar-refractivity contribution in [1.29, 1.82) is 0 Å². The molecule has 1 aliphatic heterocycles. The molecule has 0 radical (unpaired) electrons. The quantitative estimate of drug-likeness (QED) is 0.447. The lowest BCUT2D eigenvalue weighted by Crippen LogP contribution is -2.44. The van der Waals surface area contributed by atoms with Crippen molar-refractivity contribution < 1.29 is 9.18 Å². The first kappa shape index (κ1) is 17.6. The molecule has 1 atom stereocenters. The van der Waals surface area contributed by atoms with Gasteiger partial charge in [-0.15, -0.1) is 0 Å². The molecule has 9 heteroatoms. The van der Waals surface area contributed by atoms with Crippen molar-refractivity contribution in [3.8, 4) is 0 Å². The van der Waals surface area contributed by atoms with Gasteiger partial charge in [0.05, 0.1) is 11.4 Å². The van der Waals surface area contributed by atoms with Gasteiger partial charge in [-0.25, -0.2) is 19.3 Å². The summed E-state index contributed by atoms with van der Waals surface area (Å²) in [6.45, 7) is 2.20. The van der Waals surface area contributed by atoms with Gasteiger partial charge in [0.15, 0.2) is 21.9 Å². The molecule has 0 spiro atoms. The van der Waals surface area contributed by atoms with Gasteiger partial charge in [0.2, 0.25) is 0 Å². The minimum atomic E-state index is -0.730. The maximum atomic E-state index is 14.5. The highest BCUT2D eigenvalue weighted by atomic mass is 35.5. The van der Waals surface area contributed by atoms with Crippen LogP contribution < -0.4 is 4.90 Å². The number of hydrogen-bond donors (Lipinski definition) is 0. The summed E-state index contributed by atoms with van der Waals surface area (Å²) < 4.78 is 14.5. The van der Waals surface area contributed by atoms with Gasteiger partial charge in [0.25, 0.3) is 0 Å². The molecule has 1 unspecified atom stereocenters. The Hall–Kier alpha value is -1.18. The van der Waals surface area contributed by atoms with E-state index >= 15 is 0 Å². The van der Waals surface area contributed by atoms with Crippen LogP contribution in [0, 0.1) is 5.82 Å². The van der Waals surface area contributed by atoms with E-state index < -0.39 is 5.82 Å². The SMILES string of the molecule is CSc1nc(N2CCCCC2C(C)=O)c2c(Cl)nc(Cl)c(F)c2n1. The van der Waals surface area contributed by atoms with Crippen LogP contribution in [-0.2, 0) is 4.79 Å². The van der Waals surface area contributed by atoms with Crippen LogP contribution in [0.1, 0.15) is 26.2 Å². The molecule has 1 fully saturated rings. The normalized spacial score (nSPS) is 18.2. The van der Waals surface area contributed by atoms with Crippen molar-refractivity contribution in [2.75, 3.05) is 17.7 Å². The first-order valence-corrected chi connectivity index (χ1v) is 9.45. The molecule has 128 valence electrons. The number of carbonyl (C=O) groups excluding carboxylic acids is 1. The molecule has 2 aromatic heterocycles. The van der Waals surface area contributed by atoms with Crippen LogP contribution in [0.3, 0.4) is 0 Å². The molecule has 0 N–H and O–H groups in total. The number of thioether (sulfide) groups is 1. The minimum Gasteiger partial charge on any atom is -0.346 e.